The molecule has 0 bridgehead atoms. The Morgan fingerprint density at radius 1 is 1.28 bits per heavy atom. The number of ether oxygens (including phenoxy) is 1. The van der Waals surface area contributed by atoms with E-state index in [0.29, 0.717) is 6.42 Å². The third-order valence-corrected chi connectivity index (χ3v) is 3.74. The molecule has 0 radical (unpaired) electrons. The molecule has 0 aliphatic carbocycles. The lowest BCUT2D eigenvalue weighted by atomic mass is 9.88. The summed E-state index contributed by atoms with van der Waals surface area (Å²) < 4.78 is 5.60. The van der Waals surface area contributed by atoms with Crippen molar-refractivity contribution in [2.45, 2.75) is 58.8 Å². The van der Waals surface area contributed by atoms with E-state index >= 15 is 0 Å². The summed E-state index contributed by atoms with van der Waals surface area (Å²) in [6.45, 7) is 7.66. The van der Waals surface area contributed by atoms with Crippen LogP contribution >= 0.6 is 0 Å². The Labute approximate surface area is 108 Å². The van der Waals surface area contributed by atoms with E-state index in [0.717, 1.165) is 6.42 Å². The lowest BCUT2D eigenvalue weighted by Gasteiger charge is -2.21. The lowest BCUT2D eigenvalue weighted by Crippen LogP contribution is -2.46. The van der Waals surface area contributed by atoms with Gasteiger partial charge in [0.15, 0.2) is 0 Å². The number of hydrogen-bond acceptors (Lipinski definition) is 3. The van der Waals surface area contributed by atoms with E-state index in [1.807, 2.05) is 27.7 Å². The molecule has 0 saturated carbocycles. The summed E-state index contributed by atoms with van der Waals surface area (Å²) in [4.78, 5) is 23.2. The molecule has 18 heavy (non-hydrogen) atoms. The zero-order chi connectivity index (χ0) is 13.9. The van der Waals surface area contributed by atoms with Crippen LogP contribution in [0.1, 0.15) is 40.5 Å². The van der Waals surface area contributed by atoms with Gasteiger partial charge in [0.25, 0.3) is 0 Å². The minimum atomic E-state index is -0.975. The van der Waals surface area contributed by atoms with Crippen molar-refractivity contribution in [3.8, 4) is 0 Å². The molecule has 0 spiro atoms. The molecule has 5 heteroatoms. The zero-order valence-electron chi connectivity index (χ0n) is 11.5. The Morgan fingerprint density at radius 2 is 1.89 bits per heavy atom. The van der Waals surface area contributed by atoms with E-state index in [9.17, 15) is 9.59 Å². The van der Waals surface area contributed by atoms with E-state index in [1.54, 1.807) is 0 Å². The van der Waals surface area contributed by atoms with Gasteiger partial charge in [0.05, 0.1) is 18.1 Å². The highest BCUT2D eigenvalue weighted by Crippen LogP contribution is 2.32. The summed E-state index contributed by atoms with van der Waals surface area (Å²) >= 11 is 0. The highest BCUT2D eigenvalue weighted by atomic mass is 16.5. The third kappa shape index (κ3) is 3.22. The van der Waals surface area contributed by atoms with Crippen LogP contribution in [0.4, 0.5) is 0 Å². The first kappa shape index (κ1) is 15.0. The molecule has 1 rings (SSSR count). The summed E-state index contributed by atoms with van der Waals surface area (Å²) in [5.74, 6) is -1.34. The van der Waals surface area contributed by atoms with Crippen LogP contribution in [0.5, 0.6) is 0 Å². The van der Waals surface area contributed by atoms with Crippen molar-refractivity contribution >= 4 is 11.9 Å². The van der Waals surface area contributed by atoms with Crippen molar-refractivity contribution in [1.29, 1.82) is 0 Å². The lowest BCUT2D eigenvalue weighted by molar-refractivity contribution is -0.143. The van der Waals surface area contributed by atoms with Gasteiger partial charge in [-0.05, 0) is 26.2 Å². The fourth-order valence-corrected chi connectivity index (χ4v) is 2.53. The van der Waals surface area contributed by atoms with Gasteiger partial charge < -0.3 is 15.2 Å². The Morgan fingerprint density at radius 3 is 2.28 bits per heavy atom. The third-order valence-electron chi connectivity index (χ3n) is 3.74. The molecular weight excluding hydrogens is 234 g/mol. The maximum atomic E-state index is 12.1. The monoisotopic (exact) mass is 257 g/mol. The average molecular weight is 257 g/mol. The molecule has 1 aliphatic rings. The molecule has 0 aromatic heterocycles. The number of carbonyl (C=O) groups is 2. The van der Waals surface area contributed by atoms with E-state index in [2.05, 4.69) is 5.32 Å². The van der Waals surface area contributed by atoms with Crippen molar-refractivity contribution < 1.29 is 19.4 Å². The summed E-state index contributed by atoms with van der Waals surface area (Å²) in [5.41, 5.74) is 0. The van der Waals surface area contributed by atoms with E-state index < -0.39 is 12.0 Å². The van der Waals surface area contributed by atoms with Gasteiger partial charge in [-0.15, -0.1) is 0 Å². The first-order valence-electron chi connectivity index (χ1n) is 6.57. The normalized spacial score (nSPS) is 33.1. The SMILES string of the molecule is CCC[C@H](NC(=O)C1C(C)OC(C)C1C)C(=O)O. The van der Waals surface area contributed by atoms with Gasteiger partial charge in [0, 0.05) is 0 Å². The van der Waals surface area contributed by atoms with Crippen LogP contribution in [-0.2, 0) is 14.3 Å². The molecule has 2 N–H and O–H groups in total. The number of carboxylic acids is 1. The minimum Gasteiger partial charge on any atom is -0.480 e. The molecular formula is C13H23NO4. The van der Waals surface area contributed by atoms with Crippen LogP contribution in [0.25, 0.3) is 0 Å². The molecule has 5 atom stereocenters. The number of hydrogen-bond donors (Lipinski definition) is 2. The van der Waals surface area contributed by atoms with Crippen molar-refractivity contribution in [2.75, 3.05) is 0 Å². The Hall–Kier alpha value is -1.10. The topological polar surface area (TPSA) is 75.6 Å². The maximum Gasteiger partial charge on any atom is 0.326 e. The summed E-state index contributed by atoms with van der Waals surface area (Å²) in [7, 11) is 0. The number of aliphatic carboxylic acids is 1. The van der Waals surface area contributed by atoms with Crippen LogP contribution in [-0.4, -0.2) is 35.2 Å². The molecule has 104 valence electrons. The maximum absolute atomic E-state index is 12.1. The fourth-order valence-electron chi connectivity index (χ4n) is 2.53. The predicted octanol–water partition coefficient (Wildman–Crippen LogP) is 1.42. The van der Waals surface area contributed by atoms with Crippen molar-refractivity contribution in [1.82, 2.24) is 5.32 Å². The van der Waals surface area contributed by atoms with Gasteiger partial charge in [-0.1, -0.05) is 20.3 Å². The first-order chi connectivity index (χ1) is 8.38. The van der Waals surface area contributed by atoms with Gasteiger partial charge >= 0.3 is 5.97 Å². The number of carboxylic acid groups (broad SMARTS) is 1. The number of amides is 1. The molecule has 4 unspecified atom stereocenters. The molecule has 1 saturated heterocycles. The van der Waals surface area contributed by atoms with Crippen LogP contribution in [0.15, 0.2) is 0 Å². The second-order valence-corrected chi connectivity index (χ2v) is 5.12. The molecule has 1 aliphatic heterocycles. The fraction of sp³-hybridized carbons (Fsp3) is 0.846. The second-order valence-electron chi connectivity index (χ2n) is 5.12. The van der Waals surface area contributed by atoms with E-state index in [1.165, 1.54) is 0 Å². The Balaban J connectivity index is 2.66. The second kappa shape index (κ2) is 6.18. The summed E-state index contributed by atoms with van der Waals surface area (Å²) in [6.07, 6.45) is 1.05. The number of nitrogens with one attached hydrogen (secondary N) is 1. The zero-order valence-corrected chi connectivity index (χ0v) is 11.5. The molecule has 1 amide bonds. The van der Waals surface area contributed by atoms with Gasteiger partial charge in [-0.25, -0.2) is 4.79 Å². The number of rotatable bonds is 5. The van der Waals surface area contributed by atoms with Crippen molar-refractivity contribution in [3.05, 3.63) is 0 Å². The number of carbonyl (C=O) groups excluding carboxylic acids is 1. The molecule has 1 heterocycles. The van der Waals surface area contributed by atoms with E-state index in [-0.39, 0.29) is 30.0 Å². The molecule has 5 nitrogen and oxygen atoms in total. The van der Waals surface area contributed by atoms with Gasteiger partial charge in [0.2, 0.25) is 5.91 Å². The van der Waals surface area contributed by atoms with Crippen molar-refractivity contribution in [3.63, 3.8) is 0 Å². The molecule has 0 aromatic carbocycles. The van der Waals surface area contributed by atoms with Crippen LogP contribution in [0.2, 0.25) is 0 Å². The summed E-state index contributed by atoms with van der Waals surface area (Å²) in [6, 6.07) is -0.794. The quantitative estimate of drug-likeness (QED) is 0.781. The van der Waals surface area contributed by atoms with Crippen LogP contribution in [0.3, 0.4) is 0 Å². The van der Waals surface area contributed by atoms with Gasteiger partial charge in [-0.3, -0.25) is 4.79 Å². The molecule has 1 fully saturated rings. The van der Waals surface area contributed by atoms with E-state index in [4.69, 9.17) is 9.84 Å². The highest BCUT2D eigenvalue weighted by molar-refractivity contribution is 5.85. The first-order valence-corrected chi connectivity index (χ1v) is 6.57. The van der Waals surface area contributed by atoms with Crippen LogP contribution in [0, 0.1) is 11.8 Å². The standard InChI is InChI=1S/C13H23NO4/c1-5-6-10(13(16)17)14-12(15)11-7(2)8(3)18-9(11)4/h7-11H,5-6H2,1-4H3,(H,14,15)(H,16,17)/t7?,8?,9?,10-,11?/m0/s1. The van der Waals surface area contributed by atoms with Crippen LogP contribution < -0.4 is 5.32 Å². The summed E-state index contributed by atoms with van der Waals surface area (Å²) in [5, 5.41) is 11.7. The Bertz CT molecular complexity index is 318. The van der Waals surface area contributed by atoms with Crippen molar-refractivity contribution in [2.24, 2.45) is 11.8 Å². The van der Waals surface area contributed by atoms with Gasteiger partial charge in [-0.2, -0.15) is 0 Å². The smallest absolute Gasteiger partial charge is 0.326 e. The predicted molar refractivity (Wildman–Crippen MR) is 67.1 cm³/mol. The minimum absolute atomic E-state index is 0.0326. The Kier molecular flexibility index (Phi) is 5.14. The molecule has 0 aromatic rings. The average Bonchev–Trinajstić information content (AvgIpc) is 2.52. The largest absolute Gasteiger partial charge is 0.480 e. The highest BCUT2D eigenvalue weighted by Gasteiger charge is 2.42. The van der Waals surface area contributed by atoms with Gasteiger partial charge in [0.1, 0.15) is 6.04 Å².